The first-order valence-electron chi connectivity index (χ1n) is 12.9. The van der Waals surface area contributed by atoms with Crippen LogP contribution in [0.3, 0.4) is 0 Å². The van der Waals surface area contributed by atoms with E-state index in [1.807, 2.05) is 19.9 Å². The Morgan fingerprint density at radius 3 is 2.25 bits per heavy atom. The van der Waals surface area contributed by atoms with Gasteiger partial charge in [0.1, 0.15) is 0 Å². The van der Waals surface area contributed by atoms with Crippen LogP contribution < -0.4 is 0 Å². The van der Waals surface area contributed by atoms with Gasteiger partial charge >= 0.3 is 0 Å². The largest absolute Gasteiger partial charge is 0.393 e. The summed E-state index contributed by atoms with van der Waals surface area (Å²) < 4.78 is 13.3. The van der Waals surface area contributed by atoms with Gasteiger partial charge in [-0.2, -0.15) is 0 Å². The molecule has 176 valence electrons. The maximum atomic E-state index is 12.2. The minimum Gasteiger partial charge on any atom is -0.393 e. The Kier molecular flexibility index (Phi) is 4.59. The second-order valence-corrected chi connectivity index (χ2v) is 12.6. The molecule has 6 rings (SSSR count). The highest BCUT2D eigenvalue weighted by Gasteiger charge is 2.70. The Balaban J connectivity index is 1.43. The van der Waals surface area contributed by atoms with E-state index in [9.17, 15) is 10.2 Å². The summed E-state index contributed by atoms with van der Waals surface area (Å²) in [6.45, 7) is 8.93. The minimum absolute atomic E-state index is 0.0407. The van der Waals surface area contributed by atoms with Crippen LogP contribution in [0.15, 0.2) is 30.3 Å². The van der Waals surface area contributed by atoms with Crippen LogP contribution in [0.5, 0.6) is 0 Å². The molecule has 1 aliphatic heterocycles. The van der Waals surface area contributed by atoms with E-state index in [-0.39, 0.29) is 29.1 Å². The number of fused-ring (bicyclic) bond motifs is 8. The monoisotopic (exact) mass is 440 g/mol. The summed E-state index contributed by atoms with van der Waals surface area (Å²) >= 11 is 0. The normalized spacial score (nSPS) is 53.8. The Labute approximate surface area is 192 Å². The van der Waals surface area contributed by atoms with Crippen molar-refractivity contribution in [2.45, 2.75) is 102 Å². The van der Waals surface area contributed by atoms with E-state index >= 15 is 0 Å². The maximum Gasteiger partial charge on any atom is 0.163 e. The lowest BCUT2D eigenvalue weighted by Gasteiger charge is -2.63. The Hall–Kier alpha value is -0.940. The van der Waals surface area contributed by atoms with Crippen LogP contribution in [0.1, 0.15) is 78.2 Å². The highest BCUT2D eigenvalue weighted by molar-refractivity contribution is 5.30. The zero-order chi connectivity index (χ0) is 22.5. The van der Waals surface area contributed by atoms with Gasteiger partial charge in [0.15, 0.2) is 5.79 Å². The topological polar surface area (TPSA) is 58.9 Å². The van der Waals surface area contributed by atoms with Crippen molar-refractivity contribution in [3.63, 3.8) is 0 Å². The number of hydrogen-bond acceptors (Lipinski definition) is 4. The molecule has 0 spiro atoms. The second kappa shape index (κ2) is 6.81. The molecule has 4 aliphatic carbocycles. The maximum absolute atomic E-state index is 12.2. The fourth-order valence-electron chi connectivity index (χ4n) is 9.37. The summed E-state index contributed by atoms with van der Waals surface area (Å²) in [4.78, 5) is 0. The van der Waals surface area contributed by atoms with E-state index in [0.717, 1.165) is 50.5 Å². The average Bonchev–Trinajstić information content (AvgIpc) is 3.23. The third-order valence-corrected chi connectivity index (χ3v) is 10.9. The van der Waals surface area contributed by atoms with Gasteiger partial charge in [-0.15, -0.1) is 0 Å². The van der Waals surface area contributed by atoms with E-state index in [4.69, 9.17) is 9.47 Å². The molecule has 1 aromatic rings. The van der Waals surface area contributed by atoms with Crippen molar-refractivity contribution < 1.29 is 19.7 Å². The molecule has 0 bridgehead atoms. The second-order valence-electron chi connectivity index (χ2n) is 12.6. The quantitative estimate of drug-likeness (QED) is 0.644. The number of rotatable bonds is 1. The third-order valence-electron chi connectivity index (χ3n) is 10.9. The lowest BCUT2D eigenvalue weighted by atomic mass is 9.43. The fourth-order valence-corrected chi connectivity index (χ4v) is 9.37. The van der Waals surface area contributed by atoms with Gasteiger partial charge in [-0.3, -0.25) is 0 Å². The number of aliphatic hydroxyl groups is 2. The molecule has 4 saturated carbocycles. The van der Waals surface area contributed by atoms with Gasteiger partial charge in [0.25, 0.3) is 0 Å². The first kappa shape index (κ1) is 21.6. The highest BCUT2D eigenvalue weighted by atomic mass is 16.8. The molecular weight excluding hydrogens is 400 g/mol. The Bertz CT molecular complexity index is 885. The smallest absolute Gasteiger partial charge is 0.163 e. The predicted molar refractivity (Wildman–Crippen MR) is 123 cm³/mol. The molecule has 2 N–H and O–H groups in total. The van der Waals surface area contributed by atoms with E-state index in [1.54, 1.807) is 0 Å². The summed E-state index contributed by atoms with van der Waals surface area (Å²) in [6.07, 6.45) is 6.71. The first-order valence-corrected chi connectivity index (χ1v) is 12.9. The van der Waals surface area contributed by atoms with E-state index in [2.05, 4.69) is 38.1 Å². The van der Waals surface area contributed by atoms with Crippen molar-refractivity contribution in [1.82, 2.24) is 0 Å². The summed E-state index contributed by atoms with van der Waals surface area (Å²) in [6, 6.07) is 10.4. The molecule has 0 amide bonds. The van der Waals surface area contributed by atoms with Crippen LogP contribution in [0.2, 0.25) is 0 Å². The van der Waals surface area contributed by atoms with Crippen LogP contribution in [0.25, 0.3) is 0 Å². The summed E-state index contributed by atoms with van der Waals surface area (Å²) in [5.41, 5.74) is 0.302. The van der Waals surface area contributed by atoms with Crippen molar-refractivity contribution in [3.05, 3.63) is 35.9 Å². The number of ether oxygens (including phenoxy) is 2. The Morgan fingerprint density at radius 2 is 1.50 bits per heavy atom. The average molecular weight is 441 g/mol. The van der Waals surface area contributed by atoms with Gasteiger partial charge in [0, 0.05) is 5.41 Å². The lowest BCUT2D eigenvalue weighted by Crippen LogP contribution is -2.64. The molecule has 32 heavy (non-hydrogen) atoms. The molecular formula is C28H40O4. The van der Waals surface area contributed by atoms with Gasteiger partial charge < -0.3 is 19.7 Å². The standard InChI is InChI=1S/C28H40O4/c1-25(2)31-23-21-16-18(29)10-13-26(21,3)19-11-14-27(4)20(22(19)24(23)32-25)12-15-28(27,30)17-8-6-5-7-9-17/h5-9,18-24,29-30H,10-16H2,1-4H3/t18-,19-,20-,21+,22+,23+,24+,26+,27-,28+/m0/s1. The third kappa shape index (κ3) is 2.70. The molecule has 1 heterocycles. The SMILES string of the molecule is CC1(C)O[C@H]2[C@H](O1)[C@H]1C[C@@H](O)CC[C@]1(C)[C@H]1CC[C@@]3(C)[C@@H](CC[C@@]3(O)c3ccccc3)[C@H]21. The van der Waals surface area contributed by atoms with Gasteiger partial charge in [-0.25, -0.2) is 0 Å². The van der Waals surface area contributed by atoms with Gasteiger partial charge in [-0.1, -0.05) is 44.2 Å². The number of aliphatic hydroxyl groups excluding tert-OH is 1. The molecule has 0 aromatic heterocycles. The molecule has 4 heteroatoms. The number of benzene rings is 1. The van der Waals surface area contributed by atoms with Gasteiger partial charge in [0.05, 0.1) is 23.9 Å². The predicted octanol–water partition coefficient (Wildman–Crippen LogP) is 5.02. The molecule has 1 aromatic carbocycles. The van der Waals surface area contributed by atoms with Gasteiger partial charge in [0.2, 0.25) is 0 Å². The van der Waals surface area contributed by atoms with Crippen LogP contribution >= 0.6 is 0 Å². The first-order chi connectivity index (χ1) is 15.1. The van der Waals surface area contributed by atoms with E-state index in [0.29, 0.717) is 23.7 Å². The van der Waals surface area contributed by atoms with Gasteiger partial charge in [-0.05, 0) is 93.4 Å². The molecule has 5 fully saturated rings. The summed E-state index contributed by atoms with van der Waals surface area (Å²) in [5, 5.41) is 22.7. The van der Waals surface area contributed by atoms with Crippen molar-refractivity contribution in [1.29, 1.82) is 0 Å². The van der Waals surface area contributed by atoms with Crippen molar-refractivity contribution in [3.8, 4) is 0 Å². The van der Waals surface area contributed by atoms with Crippen molar-refractivity contribution >= 4 is 0 Å². The van der Waals surface area contributed by atoms with Crippen LogP contribution in [0.4, 0.5) is 0 Å². The van der Waals surface area contributed by atoms with E-state index in [1.165, 1.54) is 0 Å². The molecule has 1 saturated heterocycles. The molecule has 5 aliphatic rings. The van der Waals surface area contributed by atoms with Crippen LogP contribution in [-0.2, 0) is 15.1 Å². The Morgan fingerprint density at radius 1 is 0.812 bits per heavy atom. The molecule has 0 unspecified atom stereocenters. The minimum atomic E-state index is -0.783. The van der Waals surface area contributed by atoms with Crippen molar-refractivity contribution in [2.75, 3.05) is 0 Å². The molecule has 0 radical (unpaired) electrons. The van der Waals surface area contributed by atoms with Crippen LogP contribution in [0, 0.1) is 34.5 Å². The molecule has 10 atom stereocenters. The molecule has 4 nitrogen and oxygen atoms in total. The fraction of sp³-hybridized carbons (Fsp3) is 0.786. The highest BCUT2D eigenvalue weighted by Crippen LogP contribution is 2.71. The summed E-state index contributed by atoms with van der Waals surface area (Å²) in [7, 11) is 0. The zero-order valence-electron chi connectivity index (χ0n) is 20.1. The van der Waals surface area contributed by atoms with E-state index < -0.39 is 11.4 Å². The van der Waals surface area contributed by atoms with Crippen LogP contribution in [-0.4, -0.2) is 34.3 Å². The zero-order valence-corrected chi connectivity index (χ0v) is 20.1. The van der Waals surface area contributed by atoms with Crippen molar-refractivity contribution in [2.24, 2.45) is 34.5 Å². The summed E-state index contributed by atoms with van der Waals surface area (Å²) in [5.74, 6) is 1.14. The number of hydrogen-bond donors (Lipinski definition) is 2. The lowest BCUT2D eigenvalue weighted by molar-refractivity contribution is -0.206.